The Labute approximate surface area is 152 Å². The van der Waals surface area contributed by atoms with Gasteiger partial charge in [0.15, 0.2) is 0 Å². The monoisotopic (exact) mass is 347 g/mol. The maximum absolute atomic E-state index is 11.5. The van der Waals surface area contributed by atoms with Gasteiger partial charge in [0.05, 0.1) is 0 Å². The molecule has 1 unspecified atom stereocenters. The van der Waals surface area contributed by atoms with E-state index in [1.807, 2.05) is 13.8 Å². The van der Waals surface area contributed by atoms with Crippen molar-refractivity contribution in [1.82, 2.24) is 5.32 Å². The molecule has 1 saturated carbocycles. The Morgan fingerprint density at radius 2 is 1.88 bits per heavy atom. The second kappa shape index (κ2) is 8.70. The van der Waals surface area contributed by atoms with Crippen molar-refractivity contribution in [3.05, 3.63) is 29.3 Å². The molecule has 3 atom stereocenters. The predicted molar refractivity (Wildman–Crippen MR) is 101 cm³/mol. The van der Waals surface area contributed by atoms with E-state index in [0.29, 0.717) is 11.8 Å². The second-order valence-electron chi connectivity index (χ2n) is 7.74. The van der Waals surface area contributed by atoms with Crippen LogP contribution in [0.15, 0.2) is 18.2 Å². The number of hydrogen-bond donors (Lipinski definition) is 2. The lowest BCUT2D eigenvalue weighted by molar-refractivity contribution is -0.141. The molecule has 0 spiro atoms. The first-order valence-corrected chi connectivity index (χ1v) is 9.58. The van der Waals surface area contributed by atoms with E-state index in [2.05, 4.69) is 44.3 Å². The maximum Gasteiger partial charge on any atom is 0.321 e. The molecule has 140 valence electrons. The lowest BCUT2D eigenvalue weighted by atomic mass is 9.90. The van der Waals surface area contributed by atoms with Gasteiger partial charge in [-0.2, -0.15) is 0 Å². The summed E-state index contributed by atoms with van der Waals surface area (Å²) in [7, 11) is 0. The number of aliphatic carboxylic acids is 1. The molecule has 0 bridgehead atoms. The molecular weight excluding hydrogens is 314 g/mol. The summed E-state index contributed by atoms with van der Waals surface area (Å²) < 4.78 is 6.13. The molecule has 2 rings (SSSR count). The molecule has 1 aromatic carbocycles. The van der Waals surface area contributed by atoms with Gasteiger partial charge in [-0.3, -0.25) is 10.1 Å². The zero-order chi connectivity index (χ0) is 18.6. The summed E-state index contributed by atoms with van der Waals surface area (Å²) >= 11 is 0. The summed E-state index contributed by atoms with van der Waals surface area (Å²) in [6.45, 7) is 10.8. The van der Waals surface area contributed by atoms with Crippen LogP contribution >= 0.6 is 0 Å². The maximum atomic E-state index is 11.5. The number of carboxylic acids is 1. The third kappa shape index (κ3) is 4.97. The molecule has 0 aliphatic heterocycles. The lowest BCUT2D eigenvalue weighted by Crippen LogP contribution is -2.43. The van der Waals surface area contributed by atoms with Gasteiger partial charge in [-0.15, -0.1) is 0 Å². The molecule has 25 heavy (non-hydrogen) atoms. The van der Waals surface area contributed by atoms with Gasteiger partial charge in [0, 0.05) is 0 Å². The third-order valence-corrected chi connectivity index (χ3v) is 5.52. The van der Waals surface area contributed by atoms with E-state index in [9.17, 15) is 9.90 Å². The van der Waals surface area contributed by atoms with Crippen molar-refractivity contribution in [2.45, 2.75) is 71.8 Å². The summed E-state index contributed by atoms with van der Waals surface area (Å²) in [4.78, 5) is 11.5. The minimum atomic E-state index is -0.818. The topological polar surface area (TPSA) is 58.6 Å². The van der Waals surface area contributed by atoms with Crippen LogP contribution in [0.1, 0.15) is 76.8 Å². The van der Waals surface area contributed by atoms with Crippen LogP contribution in [0.2, 0.25) is 0 Å². The molecule has 4 heteroatoms. The van der Waals surface area contributed by atoms with Gasteiger partial charge in [0.2, 0.25) is 0 Å². The molecule has 1 fully saturated rings. The van der Waals surface area contributed by atoms with Gasteiger partial charge in [0.1, 0.15) is 18.5 Å². The average molecular weight is 347 g/mol. The van der Waals surface area contributed by atoms with Crippen LogP contribution < -0.4 is 10.1 Å². The van der Waals surface area contributed by atoms with Crippen molar-refractivity contribution < 1.29 is 14.6 Å². The smallest absolute Gasteiger partial charge is 0.321 e. The number of benzene rings is 1. The summed E-state index contributed by atoms with van der Waals surface area (Å²) in [6.07, 6.45) is 3.40. The van der Waals surface area contributed by atoms with Gasteiger partial charge < -0.3 is 9.84 Å². The Morgan fingerprint density at radius 3 is 2.40 bits per heavy atom. The minimum Gasteiger partial charge on any atom is -0.480 e. The van der Waals surface area contributed by atoms with Crippen LogP contribution in [-0.2, 0) is 4.79 Å². The Morgan fingerprint density at radius 1 is 1.24 bits per heavy atom. The number of ether oxygens (including phenoxy) is 1. The molecule has 0 aromatic heterocycles. The number of carbonyl (C=O) groups is 1. The first-order chi connectivity index (χ1) is 11.9. The van der Waals surface area contributed by atoms with Gasteiger partial charge in [-0.05, 0) is 47.6 Å². The number of nitrogens with one attached hydrogen (secondary N) is 1. The first-order valence-electron chi connectivity index (χ1n) is 9.58. The molecule has 2 N–H and O–H groups in total. The van der Waals surface area contributed by atoms with Crippen LogP contribution in [0.25, 0.3) is 0 Å². The Hall–Kier alpha value is -1.55. The molecule has 1 aromatic rings. The van der Waals surface area contributed by atoms with Crippen LogP contribution in [-0.4, -0.2) is 23.8 Å². The van der Waals surface area contributed by atoms with Gasteiger partial charge in [-0.1, -0.05) is 59.2 Å². The molecule has 1 aliphatic carbocycles. The quantitative estimate of drug-likeness (QED) is 0.600. The zero-order valence-electron chi connectivity index (χ0n) is 16.2. The van der Waals surface area contributed by atoms with Gasteiger partial charge in [0.25, 0.3) is 0 Å². The lowest BCUT2D eigenvalue weighted by Gasteiger charge is -2.24. The Kier molecular flexibility index (Phi) is 6.88. The molecule has 1 aliphatic rings. The SMILES string of the molecule is CCC(C)[C@H](NCOc1c(C(C)C)cccc1[C@H](C)C1CC1)C(=O)O. The van der Waals surface area contributed by atoms with Crippen molar-refractivity contribution in [1.29, 1.82) is 0 Å². The van der Waals surface area contributed by atoms with E-state index in [1.54, 1.807) is 0 Å². The molecule has 4 nitrogen and oxygen atoms in total. The van der Waals surface area contributed by atoms with E-state index < -0.39 is 12.0 Å². The van der Waals surface area contributed by atoms with Crippen molar-refractivity contribution in [2.24, 2.45) is 11.8 Å². The van der Waals surface area contributed by atoms with E-state index in [-0.39, 0.29) is 12.6 Å². The molecular formula is C21H33NO3. The first kappa shape index (κ1) is 19.8. The molecule has 0 radical (unpaired) electrons. The zero-order valence-corrected chi connectivity index (χ0v) is 16.2. The highest BCUT2D eigenvalue weighted by Gasteiger charge is 2.31. The van der Waals surface area contributed by atoms with Crippen molar-refractivity contribution in [2.75, 3.05) is 6.73 Å². The average Bonchev–Trinajstić information content (AvgIpc) is 3.41. The fourth-order valence-electron chi connectivity index (χ4n) is 3.37. The van der Waals surface area contributed by atoms with Gasteiger partial charge in [-0.25, -0.2) is 0 Å². The second-order valence-corrected chi connectivity index (χ2v) is 7.74. The molecule has 0 heterocycles. The van der Waals surface area contributed by atoms with E-state index in [4.69, 9.17) is 4.74 Å². The van der Waals surface area contributed by atoms with Crippen LogP contribution in [0.3, 0.4) is 0 Å². The summed E-state index contributed by atoms with van der Waals surface area (Å²) in [5.41, 5.74) is 2.45. The number of rotatable bonds is 10. The highest BCUT2D eigenvalue weighted by molar-refractivity contribution is 5.73. The normalized spacial score (nSPS) is 18.0. The van der Waals surface area contributed by atoms with Crippen LogP contribution in [0.5, 0.6) is 5.75 Å². The van der Waals surface area contributed by atoms with Gasteiger partial charge >= 0.3 is 5.97 Å². The summed E-state index contributed by atoms with van der Waals surface area (Å²) in [5.74, 6) is 1.79. The summed E-state index contributed by atoms with van der Waals surface area (Å²) in [6, 6.07) is 5.81. The number of hydrogen-bond acceptors (Lipinski definition) is 3. The minimum absolute atomic E-state index is 0.0614. The van der Waals surface area contributed by atoms with E-state index in [1.165, 1.54) is 24.0 Å². The number of para-hydroxylation sites is 1. The van der Waals surface area contributed by atoms with E-state index >= 15 is 0 Å². The Balaban J connectivity index is 2.15. The molecule has 0 amide bonds. The van der Waals surface area contributed by atoms with Crippen molar-refractivity contribution >= 4 is 5.97 Å². The predicted octanol–water partition coefficient (Wildman–Crippen LogP) is 4.75. The van der Waals surface area contributed by atoms with Crippen LogP contribution in [0, 0.1) is 11.8 Å². The Bertz CT molecular complexity index is 581. The van der Waals surface area contributed by atoms with Crippen LogP contribution in [0.4, 0.5) is 0 Å². The highest BCUT2D eigenvalue weighted by atomic mass is 16.5. The van der Waals surface area contributed by atoms with Crippen molar-refractivity contribution in [3.8, 4) is 5.75 Å². The highest BCUT2D eigenvalue weighted by Crippen LogP contribution is 2.46. The largest absolute Gasteiger partial charge is 0.480 e. The van der Waals surface area contributed by atoms with Crippen molar-refractivity contribution in [3.63, 3.8) is 0 Å². The molecule has 0 saturated heterocycles. The fourth-order valence-corrected chi connectivity index (χ4v) is 3.37. The summed E-state index contributed by atoms with van der Waals surface area (Å²) in [5, 5.41) is 12.5. The third-order valence-electron chi connectivity index (χ3n) is 5.52. The fraction of sp³-hybridized carbons (Fsp3) is 0.667. The van der Waals surface area contributed by atoms with E-state index in [0.717, 1.165) is 18.1 Å². The standard InChI is InChI=1S/C21H33NO3/c1-6-14(4)19(21(23)24)22-12-25-20-17(13(2)3)8-7-9-18(20)15(5)16-10-11-16/h7-9,13-16,19,22H,6,10-12H2,1-5H3,(H,23,24)/t14?,15-,19+/m1/s1. The number of carboxylic acid groups (broad SMARTS) is 1.